The van der Waals surface area contributed by atoms with E-state index in [1.807, 2.05) is 20.8 Å². The molecule has 0 fully saturated rings. The molecule has 106 valence electrons. The maximum Gasteiger partial charge on any atom is 0.322 e. The Morgan fingerprint density at radius 3 is 2.58 bits per heavy atom. The van der Waals surface area contributed by atoms with Gasteiger partial charge in [0.15, 0.2) is 0 Å². The summed E-state index contributed by atoms with van der Waals surface area (Å²) < 4.78 is 13.6. The van der Waals surface area contributed by atoms with E-state index in [4.69, 9.17) is 0 Å². The van der Waals surface area contributed by atoms with E-state index in [0.29, 0.717) is 0 Å². The van der Waals surface area contributed by atoms with E-state index in [2.05, 4.69) is 5.32 Å². The van der Waals surface area contributed by atoms with Gasteiger partial charge in [0.2, 0.25) is 0 Å². The molecular formula is C14H21FN2O2. The van der Waals surface area contributed by atoms with Gasteiger partial charge in [-0.25, -0.2) is 9.18 Å². The van der Waals surface area contributed by atoms with E-state index in [1.165, 1.54) is 11.0 Å². The predicted molar refractivity (Wildman–Crippen MR) is 73.7 cm³/mol. The quantitative estimate of drug-likeness (QED) is 0.882. The maximum atomic E-state index is 13.6. The van der Waals surface area contributed by atoms with E-state index >= 15 is 0 Å². The van der Waals surface area contributed by atoms with Gasteiger partial charge >= 0.3 is 6.03 Å². The Hall–Kier alpha value is -1.62. The van der Waals surface area contributed by atoms with Crippen molar-refractivity contribution in [1.29, 1.82) is 0 Å². The van der Waals surface area contributed by atoms with Crippen LogP contribution in [0.2, 0.25) is 0 Å². The molecule has 1 aromatic rings. The first-order valence-corrected chi connectivity index (χ1v) is 6.33. The van der Waals surface area contributed by atoms with Crippen molar-refractivity contribution < 1.29 is 14.3 Å². The highest BCUT2D eigenvalue weighted by Gasteiger charge is 2.19. The molecule has 1 rings (SSSR count). The monoisotopic (exact) mass is 268 g/mol. The van der Waals surface area contributed by atoms with Crippen LogP contribution in [0.5, 0.6) is 0 Å². The largest absolute Gasteiger partial charge is 0.392 e. The zero-order valence-corrected chi connectivity index (χ0v) is 11.8. The Morgan fingerprint density at radius 2 is 2.05 bits per heavy atom. The summed E-state index contributed by atoms with van der Waals surface area (Å²) in [6.45, 7) is 7.32. The van der Waals surface area contributed by atoms with Crippen molar-refractivity contribution in [3.63, 3.8) is 0 Å². The van der Waals surface area contributed by atoms with E-state index in [9.17, 15) is 14.3 Å². The standard InChI is InChI=1S/C14H21FN2O2/c1-9(2)17(8-11(4)18)14(19)16-13-7-10(3)5-6-12(13)15/h5-7,9,11,18H,8H2,1-4H3,(H,16,19). The first-order valence-electron chi connectivity index (χ1n) is 6.33. The molecule has 0 bridgehead atoms. The van der Waals surface area contributed by atoms with Crippen LogP contribution in [0.3, 0.4) is 0 Å². The lowest BCUT2D eigenvalue weighted by Crippen LogP contribution is -2.43. The van der Waals surface area contributed by atoms with E-state index in [0.717, 1.165) is 5.56 Å². The summed E-state index contributed by atoms with van der Waals surface area (Å²) in [6.07, 6.45) is -0.629. The van der Waals surface area contributed by atoms with Crippen molar-refractivity contribution >= 4 is 11.7 Å². The summed E-state index contributed by atoms with van der Waals surface area (Å²) in [5, 5.41) is 11.9. The van der Waals surface area contributed by atoms with Gasteiger partial charge in [0.25, 0.3) is 0 Å². The zero-order chi connectivity index (χ0) is 14.6. The van der Waals surface area contributed by atoms with Crippen molar-refractivity contribution in [3.05, 3.63) is 29.6 Å². The van der Waals surface area contributed by atoms with E-state index in [1.54, 1.807) is 19.1 Å². The molecule has 0 aliphatic rings. The molecule has 0 heterocycles. The molecule has 0 spiro atoms. The van der Waals surface area contributed by atoms with Crippen LogP contribution in [-0.2, 0) is 0 Å². The Balaban J connectivity index is 2.84. The third-order valence-electron chi connectivity index (χ3n) is 2.71. The van der Waals surface area contributed by atoms with Crippen molar-refractivity contribution in [2.75, 3.05) is 11.9 Å². The number of hydrogen-bond donors (Lipinski definition) is 2. The summed E-state index contributed by atoms with van der Waals surface area (Å²) in [4.78, 5) is 13.6. The van der Waals surface area contributed by atoms with E-state index in [-0.39, 0.29) is 18.3 Å². The number of aliphatic hydroxyl groups is 1. The van der Waals surface area contributed by atoms with E-state index < -0.39 is 18.0 Å². The van der Waals surface area contributed by atoms with Crippen LogP contribution in [0.25, 0.3) is 0 Å². The van der Waals surface area contributed by atoms with Gasteiger partial charge in [0.1, 0.15) is 5.82 Å². The number of anilines is 1. The van der Waals surface area contributed by atoms with Gasteiger partial charge in [-0.1, -0.05) is 6.07 Å². The van der Waals surface area contributed by atoms with Gasteiger partial charge in [0, 0.05) is 12.6 Å². The summed E-state index contributed by atoms with van der Waals surface area (Å²) >= 11 is 0. The number of carbonyl (C=O) groups excluding carboxylic acids is 1. The van der Waals surface area contributed by atoms with Crippen LogP contribution in [0.4, 0.5) is 14.9 Å². The molecule has 1 aromatic carbocycles. The zero-order valence-electron chi connectivity index (χ0n) is 11.8. The average Bonchev–Trinajstić information content (AvgIpc) is 2.30. The number of benzene rings is 1. The number of urea groups is 1. The molecule has 19 heavy (non-hydrogen) atoms. The lowest BCUT2D eigenvalue weighted by molar-refractivity contribution is 0.125. The lowest BCUT2D eigenvalue weighted by atomic mass is 10.2. The summed E-state index contributed by atoms with van der Waals surface area (Å²) in [5.41, 5.74) is 1.02. The van der Waals surface area contributed by atoms with Crippen LogP contribution in [-0.4, -0.2) is 34.7 Å². The molecule has 0 radical (unpaired) electrons. The average molecular weight is 268 g/mol. The first kappa shape index (κ1) is 15.4. The number of nitrogens with zero attached hydrogens (tertiary/aromatic N) is 1. The molecule has 5 heteroatoms. The second kappa shape index (κ2) is 6.52. The van der Waals surface area contributed by atoms with Crippen LogP contribution >= 0.6 is 0 Å². The lowest BCUT2D eigenvalue weighted by Gasteiger charge is -2.28. The van der Waals surface area contributed by atoms with Gasteiger partial charge < -0.3 is 15.3 Å². The molecule has 2 amide bonds. The van der Waals surface area contributed by atoms with Crippen molar-refractivity contribution in [2.24, 2.45) is 0 Å². The fourth-order valence-corrected chi connectivity index (χ4v) is 1.73. The number of nitrogens with one attached hydrogen (secondary N) is 1. The fourth-order valence-electron chi connectivity index (χ4n) is 1.73. The minimum Gasteiger partial charge on any atom is -0.392 e. The number of carbonyl (C=O) groups is 1. The molecule has 0 aliphatic carbocycles. The van der Waals surface area contributed by atoms with Crippen LogP contribution in [0.1, 0.15) is 26.3 Å². The molecule has 0 saturated carbocycles. The Morgan fingerprint density at radius 1 is 1.42 bits per heavy atom. The highest BCUT2D eigenvalue weighted by atomic mass is 19.1. The van der Waals surface area contributed by atoms with Gasteiger partial charge in [-0.3, -0.25) is 0 Å². The number of halogens is 1. The molecule has 2 N–H and O–H groups in total. The minimum absolute atomic E-state index is 0.0810. The Labute approximate surface area is 113 Å². The number of hydrogen-bond acceptors (Lipinski definition) is 2. The van der Waals surface area contributed by atoms with Gasteiger partial charge in [-0.15, -0.1) is 0 Å². The van der Waals surface area contributed by atoms with Crippen molar-refractivity contribution in [1.82, 2.24) is 4.90 Å². The molecule has 0 aliphatic heterocycles. The first-order chi connectivity index (χ1) is 8.81. The smallest absolute Gasteiger partial charge is 0.322 e. The number of rotatable bonds is 4. The third-order valence-corrected chi connectivity index (χ3v) is 2.71. The fraction of sp³-hybridized carbons (Fsp3) is 0.500. The van der Waals surface area contributed by atoms with Gasteiger partial charge in [-0.2, -0.15) is 0 Å². The number of aliphatic hydroxyl groups excluding tert-OH is 1. The Bertz CT molecular complexity index is 447. The molecular weight excluding hydrogens is 247 g/mol. The Kier molecular flexibility index (Phi) is 5.30. The summed E-state index contributed by atoms with van der Waals surface area (Å²) in [5.74, 6) is -0.472. The molecule has 4 nitrogen and oxygen atoms in total. The molecule has 1 unspecified atom stereocenters. The second-order valence-electron chi connectivity index (χ2n) is 5.01. The number of aryl methyl sites for hydroxylation is 1. The van der Waals surface area contributed by atoms with Crippen LogP contribution in [0.15, 0.2) is 18.2 Å². The topological polar surface area (TPSA) is 52.6 Å². The second-order valence-corrected chi connectivity index (χ2v) is 5.01. The molecule has 0 aromatic heterocycles. The SMILES string of the molecule is Cc1ccc(F)c(NC(=O)N(CC(C)O)C(C)C)c1. The third kappa shape index (κ3) is 4.52. The molecule has 0 saturated heterocycles. The maximum absolute atomic E-state index is 13.6. The highest BCUT2D eigenvalue weighted by Crippen LogP contribution is 2.16. The van der Waals surface area contributed by atoms with Crippen LogP contribution in [0, 0.1) is 12.7 Å². The van der Waals surface area contributed by atoms with Crippen LogP contribution < -0.4 is 5.32 Å². The summed E-state index contributed by atoms with van der Waals surface area (Å²) in [6, 6.07) is 4.04. The normalized spacial score (nSPS) is 12.4. The van der Waals surface area contributed by atoms with Gasteiger partial charge in [0.05, 0.1) is 11.8 Å². The van der Waals surface area contributed by atoms with Gasteiger partial charge in [-0.05, 0) is 45.4 Å². The summed E-state index contributed by atoms with van der Waals surface area (Å²) in [7, 11) is 0. The van der Waals surface area contributed by atoms with Crippen molar-refractivity contribution in [2.45, 2.75) is 39.8 Å². The highest BCUT2D eigenvalue weighted by molar-refractivity contribution is 5.89. The number of amides is 2. The predicted octanol–water partition coefficient (Wildman–Crippen LogP) is 2.76. The minimum atomic E-state index is -0.629. The molecule has 1 atom stereocenters. The van der Waals surface area contributed by atoms with Crippen molar-refractivity contribution in [3.8, 4) is 0 Å².